The number of pyridine rings is 1. The van der Waals surface area contributed by atoms with Crippen LogP contribution in [-0.4, -0.2) is 19.3 Å². The summed E-state index contributed by atoms with van der Waals surface area (Å²) in [7, 11) is 0. The second kappa shape index (κ2) is 15.1. The molecule has 0 radical (unpaired) electrons. The molecule has 0 bridgehead atoms. The maximum atomic E-state index is 6.47. The summed E-state index contributed by atoms with van der Waals surface area (Å²) in [6.07, 6.45) is 10.3. The first-order valence-corrected chi connectivity index (χ1v) is 18.7. The van der Waals surface area contributed by atoms with Crippen molar-refractivity contribution in [2.45, 2.75) is 98.8 Å². The van der Waals surface area contributed by atoms with Gasteiger partial charge in [-0.3, -0.25) is 4.68 Å². The van der Waals surface area contributed by atoms with E-state index >= 15 is 0 Å². The Morgan fingerprint density at radius 2 is 1.53 bits per heavy atom. The van der Waals surface area contributed by atoms with E-state index in [-0.39, 0.29) is 31.9 Å². The van der Waals surface area contributed by atoms with E-state index in [1.54, 1.807) is 0 Å². The van der Waals surface area contributed by atoms with E-state index in [1.807, 2.05) is 47.4 Å². The third kappa shape index (κ3) is 7.51. The average molecular weight is 882 g/mol. The number of ether oxygens (including phenoxy) is 1. The molecule has 7 aromatic rings. The summed E-state index contributed by atoms with van der Waals surface area (Å²) < 4.78 is 10.6. The summed E-state index contributed by atoms with van der Waals surface area (Å²) in [6, 6.07) is 32.1. The third-order valence-electron chi connectivity index (χ3n) is 9.87. The van der Waals surface area contributed by atoms with Crippen LogP contribution in [0.5, 0.6) is 11.5 Å². The van der Waals surface area contributed by atoms with Crippen LogP contribution in [0.3, 0.4) is 0 Å². The van der Waals surface area contributed by atoms with Crippen molar-refractivity contribution in [3.05, 3.63) is 131 Å². The molecule has 53 heavy (non-hydrogen) atoms. The molecular weight excluding hydrogens is 832 g/mol. The van der Waals surface area contributed by atoms with Crippen LogP contribution in [0.25, 0.3) is 44.4 Å². The van der Waals surface area contributed by atoms with E-state index in [4.69, 9.17) is 14.8 Å². The Morgan fingerprint density at radius 1 is 0.774 bits per heavy atom. The van der Waals surface area contributed by atoms with Crippen molar-refractivity contribution in [2.24, 2.45) is 0 Å². The summed E-state index contributed by atoms with van der Waals surface area (Å²) in [5, 5.41) is 7.16. The van der Waals surface area contributed by atoms with Gasteiger partial charge in [-0.1, -0.05) is 98.0 Å². The van der Waals surface area contributed by atoms with Crippen molar-refractivity contribution < 1.29 is 25.8 Å². The smallest absolute Gasteiger partial charge is 0.509 e. The minimum absolute atomic E-state index is 0. The molecule has 0 aliphatic carbocycles. The largest absolute Gasteiger partial charge is 2.00 e. The molecule has 0 fully saturated rings. The topological polar surface area (TPSA) is 44.9 Å². The minimum atomic E-state index is 0. The van der Waals surface area contributed by atoms with Crippen LogP contribution >= 0.6 is 0 Å². The Bertz CT molecular complexity index is 2400. The molecule has 3 heterocycles. The fourth-order valence-corrected chi connectivity index (χ4v) is 7.72. The van der Waals surface area contributed by atoms with Crippen molar-refractivity contribution in [1.29, 1.82) is 0 Å². The molecule has 274 valence electrons. The predicted octanol–water partition coefficient (Wildman–Crippen LogP) is 12.2. The summed E-state index contributed by atoms with van der Waals surface area (Å²) in [5.74, 6) is 2.07. The fourth-order valence-electron chi connectivity index (χ4n) is 7.72. The number of rotatable bonds is 9. The van der Waals surface area contributed by atoms with Crippen molar-refractivity contribution in [2.75, 3.05) is 0 Å². The molecule has 6 heteroatoms. The molecule has 7 rings (SSSR count). The number of aromatic nitrogens is 4. The average Bonchev–Trinajstić information content (AvgIpc) is 3.71. The summed E-state index contributed by atoms with van der Waals surface area (Å²) >= 11 is 0. The van der Waals surface area contributed by atoms with Gasteiger partial charge in [0.05, 0.1) is 6.20 Å². The number of benzene rings is 4. The van der Waals surface area contributed by atoms with Crippen molar-refractivity contribution in [3.63, 3.8) is 0 Å². The van der Waals surface area contributed by atoms with Crippen LogP contribution in [0.4, 0.5) is 0 Å². The van der Waals surface area contributed by atoms with Crippen LogP contribution in [0, 0.1) is 19.1 Å². The van der Waals surface area contributed by atoms with Crippen LogP contribution in [-0.2, 0) is 44.7 Å². The van der Waals surface area contributed by atoms with Gasteiger partial charge in [-0.2, -0.15) is 17.2 Å². The van der Waals surface area contributed by atoms with Gasteiger partial charge in [-0.25, -0.2) is 4.98 Å². The summed E-state index contributed by atoms with van der Waals surface area (Å²) in [4.78, 5) is 4.71. The Morgan fingerprint density at radius 3 is 2.25 bits per heavy atom. The predicted molar refractivity (Wildman–Crippen MR) is 215 cm³/mol. The van der Waals surface area contributed by atoms with Crippen LogP contribution < -0.4 is 4.74 Å². The van der Waals surface area contributed by atoms with Gasteiger partial charge in [0.2, 0.25) is 0 Å². The van der Waals surface area contributed by atoms with E-state index < -0.39 is 0 Å². The van der Waals surface area contributed by atoms with Gasteiger partial charge in [0.25, 0.3) is 0 Å². The standard InChI is InChI=1S/C47H50N4O.Pt/c1-10-15-32-26-40(46(4,5)6)45(47(7,8)9)39(16-11-2)44(32)33-29-49-50(30-33)34-17-14-18-35(27-34)52-36-21-22-38-37-19-12-13-20-41(37)51(42(38)28-36)43-25-31(3)23-24-48-43;/h12-14,17-26,29-30H,10-11,15-16H2,1-9H3;/q-2;+2. The maximum Gasteiger partial charge on any atom is 2.00 e. The molecule has 0 saturated carbocycles. The van der Waals surface area contributed by atoms with Crippen LogP contribution in [0.1, 0.15) is 96.0 Å². The van der Waals surface area contributed by atoms with E-state index in [0.29, 0.717) is 11.5 Å². The Hall–Kier alpha value is -4.47. The number of hydrogen-bond donors (Lipinski definition) is 0. The quantitative estimate of drug-likeness (QED) is 0.136. The maximum absolute atomic E-state index is 6.47. The molecule has 0 amide bonds. The van der Waals surface area contributed by atoms with E-state index in [9.17, 15) is 0 Å². The molecule has 3 aromatic heterocycles. The van der Waals surface area contributed by atoms with Gasteiger partial charge >= 0.3 is 21.1 Å². The summed E-state index contributed by atoms with van der Waals surface area (Å²) in [5.41, 5.74) is 12.3. The van der Waals surface area contributed by atoms with Gasteiger partial charge in [-0.05, 0) is 93.2 Å². The SMILES string of the molecule is CCCc1cc(C(C)(C)C)c(C(C)(C)C)c(CCC)c1-c1cnn(-c2[c-]c(Oc3[c-]c4c(cc3)c3ccccc3n4-c3cc(C)ccn3)ccc2)c1.[Pt+2]. The van der Waals surface area contributed by atoms with Gasteiger partial charge in [0.1, 0.15) is 5.82 Å². The molecule has 5 nitrogen and oxygen atoms in total. The van der Waals surface area contributed by atoms with Gasteiger partial charge in [0.15, 0.2) is 0 Å². The minimum Gasteiger partial charge on any atom is -0.509 e. The monoisotopic (exact) mass is 881 g/mol. The van der Waals surface area contributed by atoms with Gasteiger partial charge < -0.3 is 9.30 Å². The molecule has 0 N–H and O–H groups in total. The zero-order chi connectivity index (χ0) is 36.8. The van der Waals surface area contributed by atoms with E-state index in [0.717, 1.165) is 70.1 Å². The van der Waals surface area contributed by atoms with E-state index in [1.165, 1.54) is 27.8 Å². The number of para-hydroxylation sites is 1. The molecule has 0 aliphatic rings. The molecule has 0 spiro atoms. The van der Waals surface area contributed by atoms with Crippen LogP contribution in [0.2, 0.25) is 0 Å². The van der Waals surface area contributed by atoms with Crippen molar-refractivity contribution in [1.82, 2.24) is 19.3 Å². The Balaban J connectivity index is 0.00000481. The first-order valence-electron chi connectivity index (χ1n) is 18.7. The number of fused-ring (bicyclic) bond motifs is 3. The van der Waals surface area contributed by atoms with E-state index in [2.05, 4.69) is 128 Å². The molecule has 0 aliphatic heterocycles. The zero-order valence-corrected chi connectivity index (χ0v) is 34.8. The summed E-state index contributed by atoms with van der Waals surface area (Å²) in [6.45, 7) is 20.8. The fraction of sp³-hybridized carbons (Fsp3) is 0.319. The first kappa shape index (κ1) is 38.3. The van der Waals surface area contributed by atoms with Crippen molar-refractivity contribution >= 4 is 21.8 Å². The molecular formula is C47H50N4OPt. The van der Waals surface area contributed by atoms with Crippen molar-refractivity contribution in [3.8, 4) is 34.1 Å². The Kier molecular flexibility index (Phi) is 10.9. The number of hydrogen-bond acceptors (Lipinski definition) is 3. The van der Waals surface area contributed by atoms with Gasteiger partial charge in [-0.15, -0.1) is 35.7 Å². The molecule has 4 aromatic carbocycles. The normalized spacial score (nSPS) is 12.0. The first-order chi connectivity index (χ1) is 24.9. The molecule has 0 unspecified atom stereocenters. The Labute approximate surface area is 329 Å². The van der Waals surface area contributed by atoms with Crippen LogP contribution in [0.15, 0.2) is 91.4 Å². The zero-order valence-electron chi connectivity index (χ0n) is 32.5. The third-order valence-corrected chi connectivity index (χ3v) is 9.87. The number of nitrogens with zero attached hydrogens (tertiary/aromatic N) is 4. The molecule has 0 atom stereocenters. The molecule has 0 saturated heterocycles. The van der Waals surface area contributed by atoms with Gasteiger partial charge in [0, 0.05) is 35.0 Å². The second-order valence-electron chi connectivity index (χ2n) is 16.1. The second-order valence-corrected chi connectivity index (χ2v) is 16.1. The number of aryl methyl sites for hydroxylation is 2.